The third-order valence-electron chi connectivity index (χ3n) is 3.41. The van der Waals surface area contributed by atoms with E-state index in [9.17, 15) is 0 Å². The van der Waals surface area contributed by atoms with Crippen molar-refractivity contribution < 1.29 is 4.74 Å². The Morgan fingerprint density at radius 1 is 0.950 bits per heavy atom. The van der Waals surface area contributed by atoms with Gasteiger partial charge in [0.25, 0.3) is 0 Å². The fourth-order valence-electron chi connectivity index (χ4n) is 2.16. The number of halogens is 2. The van der Waals surface area contributed by atoms with Crippen molar-refractivity contribution >= 4 is 31.9 Å². The topological polar surface area (TPSA) is 9.23 Å². The van der Waals surface area contributed by atoms with Crippen molar-refractivity contribution in [3.8, 4) is 5.75 Å². The average molecular weight is 406 g/mol. The molecule has 1 rings (SSSR count). The normalized spacial score (nSPS) is 10.8. The summed E-state index contributed by atoms with van der Waals surface area (Å²) in [6.45, 7) is 3.08. The molecule has 1 nitrogen and oxygen atoms in total. The van der Waals surface area contributed by atoms with Crippen LogP contribution in [0.25, 0.3) is 0 Å². The van der Waals surface area contributed by atoms with Gasteiger partial charge in [-0.15, -0.1) is 0 Å². The standard InChI is InChI=1S/C17H26Br2O/c1-2-3-4-5-6-7-8-9-12-20-17-11-10-15(14-18)13-16(17)19/h10-11,13H,2-9,12,14H2,1H3. The molecule has 1 aromatic rings. The maximum atomic E-state index is 5.82. The molecule has 0 fully saturated rings. The molecule has 0 N–H and O–H groups in total. The molecule has 1 aromatic carbocycles. The molecule has 0 amide bonds. The second-order valence-corrected chi connectivity index (χ2v) is 6.64. The molecule has 114 valence electrons. The van der Waals surface area contributed by atoms with Gasteiger partial charge >= 0.3 is 0 Å². The van der Waals surface area contributed by atoms with Gasteiger partial charge in [0.15, 0.2) is 0 Å². The van der Waals surface area contributed by atoms with E-state index in [1.807, 2.05) is 6.07 Å². The minimum Gasteiger partial charge on any atom is -0.492 e. The molecule has 3 heteroatoms. The molecule has 0 saturated carbocycles. The number of benzene rings is 1. The second kappa shape index (κ2) is 11.6. The first kappa shape index (κ1) is 18.0. The number of unbranched alkanes of at least 4 members (excludes halogenated alkanes) is 7. The second-order valence-electron chi connectivity index (χ2n) is 5.22. The van der Waals surface area contributed by atoms with Crippen molar-refractivity contribution in [1.82, 2.24) is 0 Å². The predicted octanol–water partition coefficient (Wildman–Crippen LogP) is 6.86. The largest absolute Gasteiger partial charge is 0.492 e. The van der Waals surface area contributed by atoms with Crippen LogP contribution in [-0.2, 0) is 5.33 Å². The van der Waals surface area contributed by atoms with E-state index >= 15 is 0 Å². The maximum absolute atomic E-state index is 5.82. The van der Waals surface area contributed by atoms with Gasteiger partial charge in [-0.25, -0.2) is 0 Å². The number of hydrogen-bond donors (Lipinski definition) is 0. The zero-order valence-electron chi connectivity index (χ0n) is 12.5. The molecule has 0 aliphatic heterocycles. The van der Waals surface area contributed by atoms with Gasteiger partial charge in [-0.05, 0) is 40.0 Å². The summed E-state index contributed by atoms with van der Waals surface area (Å²) in [4.78, 5) is 0. The molecule has 0 saturated heterocycles. The average Bonchev–Trinajstić information content (AvgIpc) is 2.47. The Kier molecular flexibility index (Phi) is 10.5. The lowest BCUT2D eigenvalue weighted by Crippen LogP contribution is -1.98. The smallest absolute Gasteiger partial charge is 0.133 e. The van der Waals surface area contributed by atoms with Crippen LogP contribution in [0, 0.1) is 0 Å². The Labute approximate surface area is 140 Å². The van der Waals surface area contributed by atoms with Crippen LogP contribution in [0.2, 0.25) is 0 Å². The third kappa shape index (κ3) is 7.68. The quantitative estimate of drug-likeness (QED) is 0.288. The summed E-state index contributed by atoms with van der Waals surface area (Å²) in [5.41, 5.74) is 1.26. The predicted molar refractivity (Wildman–Crippen MR) is 94.9 cm³/mol. The maximum Gasteiger partial charge on any atom is 0.133 e. The molecular weight excluding hydrogens is 380 g/mol. The highest BCUT2D eigenvalue weighted by Crippen LogP contribution is 2.27. The van der Waals surface area contributed by atoms with Gasteiger partial charge in [0.2, 0.25) is 0 Å². The molecule has 0 aliphatic rings. The van der Waals surface area contributed by atoms with Crippen molar-refractivity contribution in [2.75, 3.05) is 6.61 Å². The molecule has 0 unspecified atom stereocenters. The van der Waals surface area contributed by atoms with Gasteiger partial charge < -0.3 is 4.74 Å². The van der Waals surface area contributed by atoms with Gasteiger partial charge in [-0.1, -0.05) is 73.9 Å². The van der Waals surface area contributed by atoms with Crippen LogP contribution < -0.4 is 4.74 Å². The van der Waals surface area contributed by atoms with Gasteiger partial charge in [-0.2, -0.15) is 0 Å². The minimum atomic E-state index is 0.821. The highest BCUT2D eigenvalue weighted by atomic mass is 79.9. The first-order valence-corrected chi connectivity index (χ1v) is 9.66. The zero-order chi connectivity index (χ0) is 14.6. The van der Waals surface area contributed by atoms with Gasteiger partial charge in [0.05, 0.1) is 11.1 Å². The van der Waals surface area contributed by atoms with Crippen molar-refractivity contribution in [2.24, 2.45) is 0 Å². The van der Waals surface area contributed by atoms with Gasteiger partial charge in [0, 0.05) is 5.33 Å². The Morgan fingerprint density at radius 3 is 2.20 bits per heavy atom. The van der Waals surface area contributed by atoms with Crippen molar-refractivity contribution in [3.63, 3.8) is 0 Å². The van der Waals surface area contributed by atoms with Crippen LogP contribution in [0.3, 0.4) is 0 Å². The van der Waals surface area contributed by atoms with E-state index in [0.29, 0.717) is 0 Å². The Hall–Kier alpha value is -0.0200. The molecule has 0 aromatic heterocycles. The van der Waals surface area contributed by atoms with Crippen LogP contribution >= 0.6 is 31.9 Å². The Bertz CT molecular complexity index is 366. The van der Waals surface area contributed by atoms with Gasteiger partial charge in [0.1, 0.15) is 5.75 Å². The summed E-state index contributed by atoms with van der Waals surface area (Å²) in [6.07, 6.45) is 10.7. The van der Waals surface area contributed by atoms with Crippen LogP contribution in [0.15, 0.2) is 22.7 Å². The molecule has 0 radical (unpaired) electrons. The molecule has 0 aliphatic carbocycles. The fourth-order valence-corrected chi connectivity index (χ4v) is 3.05. The van der Waals surface area contributed by atoms with Crippen LogP contribution in [0.1, 0.15) is 63.9 Å². The number of hydrogen-bond acceptors (Lipinski definition) is 1. The van der Waals surface area contributed by atoms with E-state index in [0.717, 1.165) is 28.6 Å². The molecular formula is C17H26Br2O. The van der Waals surface area contributed by atoms with E-state index in [-0.39, 0.29) is 0 Å². The van der Waals surface area contributed by atoms with E-state index < -0.39 is 0 Å². The van der Waals surface area contributed by atoms with Crippen molar-refractivity contribution in [2.45, 2.75) is 63.6 Å². The third-order valence-corrected chi connectivity index (χ3v) is 4.67. The lowest BCUT2D eigenvalue weighted by atomic mass is 10.1. The first-order valence-electron chi connectivity index (χ1n) is 7.75. The number of alkyl halides is 1. The first-order chi connectivity index (χ1) is 9.77. The molecule has 0 spiro atoms. The fraction of sp³-hybridized carbons (Fsp3) is 0.647. The summed E-state index contributed by atoms with van der Waals surface area (Å²) in [6, 6.07) is 6.26. The zero-order valence-corrected chi connectivity index (χ0v) is 15.6. The molecule has 0 atom stereocenters. The summed E-state index contributed by atoms with van der Waals surface area (Å²) in [5, 5.41) is 0.879. The van der Waals surface area contributed by atoms with Crippen LogP contribution in [0.5, 0.6) is 5.75 Å². The van der Waals surface area contributed by atoms with Crippen LogP contribution in [0.4, 0.5) is 0 Å². The lowest BCUT2D eigenvalue weighted by molar-refractivity contribution is 0.302. The highest BCUT2D eigenvalue weighted by molar-refractivity contribution is 9.10. The Morgan fingerprint density at radius 2 is 1.60 bits per heavy atom. The number of rotatable bonds is 11. The van der Waals surface area contributed by atoms with Gasteiger partial charge in [-0.3, -0.25) is 0 Å². The molecule has 0 bridgehead atoms. The molecule has 20 heavy (non-hydrogen) atoms. The van der Waals surface area contributed by atoms with E-state index in [4.69, 9.17) is 4.74 Å². The van der Waals surface area contributed by atoms with Crippen molar-refractivity contribution in [1.29, 1.82) is 0 Å². The summed E-state index contributed by atoms with van der Waals surface area (Å²) < 4.78 is 6.87. The Balaban J connectivity index is 2.06. The SMILES string of the molecule is CCCCCCCCCCOc1ccc(CBr)cc1Br. The lowest BCUT2D eigenvalue weighted by Gasteiger charge is -2.09. The van der Waals surface area contributed by atoms with Crippen LogP contribution in [-0.4, -0.2) is 6.61 Å². The highest BCUT2D eigenvalue weighted by Gasteiger charge is 2.02. The number of ether oxygens (including phenoxy) is 1. The van der Waals surface area contributed by atoms with E-state index in [1.54, 1.807) is 0 Å². The summed E-state index contributed by atoms with van der Waals surface area (Å²) >= 11 is 7.02. The van der Waals surface area contributed by atoms with E-state index in [1.165, 1.54) is 50.5 Å². The monoisotopic (exact) mass is 404 g/mol. The molecule has 0 heterocycles. The summed E-state index contributed by atoms with van der Waals surface area (Å²) in [7, 11) is 0. The van der Waals surface area contributed by atoms with E-state index in [2.05, 4.69) is 50.9 Å². The minimum absolute atomic E-state index is 0.821. The summed E-state index contributed by atoms with van der Waals surface area (Å²) in [5.74, 6) is 0.956. The van der Waals surface area contributed by atoms with Crippen molar-refractivity contribution in [3.05, 3.63) is 28.2 Å².